The second-order valence-corrected chi connectivity index (χ2v) is 4.62. The van der Waals surface area contributed by atoms with Crippen molar-refractivity contribution >= 4 is 11.8 Å². The molecule has 0 N–H and O–H groups in total. The zero-order valence-electron chi connectivity index (χ0n) is 13.1. The molecular formula is C15H16F3NO4. The van der Waals surface area contributed by atoms with Gasteiger partial charge in [-0.15, -0.1) is 0 Å². The van der Waals surface area contributed by atoms with Crippen LogP contribution in [0.5, 0.6) is 5.75 Å². The number of benzene rings is 1. The molecule has 0 radical (unpaired) electrons. The summed E-state index contributed by atoms with van der Waals surface area (Å²) in [6.07, 6.45) is 1.10. The van der Waals surface area contributed by atoms with Gasteiger partial charge in [-0.05, 0) is 13.0 Å². The Labute approximate surface area is 131 Å². The number of ether oxygens (including phenoxy) is 2. The van der Waals surface area contributed by atoms with Gasteiger partial charge in [-0.25, -0.2) is 13.6 Å². The molecule has 0 heterocycles. The normalized spacial score (nSPS) is 11.2. The Hall–Kier alpha value is -2.51. The highest BCUT2D eigenvalue weighted by Gasteiger charge is 2.29. The van der Waals surface area contributed by atoms with E-state index in [1.54, 1.807) is 0 Å². The largest absolute Gasteiger partial charge is 0.491 e. The van der Waals surface area contributed by atoms with E-state index in [0.717, 1.165) is 13.3 Å². The molecule has 0 unspecified atom stereocenters. The predicted octanol–water partition coefficient (Wildman–Crippen LogP) is 2.30. The predicted molar refractivity (Wildman–Crippen MR) is 75.6 cm³/mol. The van der Waals surface area contributed by atoms with Gasteiger partial charge in [0.2, 0.25) is 11.6 Å². The van der Waals surface area contributed by atoms with Gasteiger partial charge in [0.1, 0.15) is 5.57 Å². The van der Waals surface area contributed by atoms with Crippen molar-refractivity contribution in [1.29, 1.82) is 0 Å². The Morgan fingerprint density at radius 2 is 1.83 bits per heavy atom. The fourth-order valence-electron chi connectivity index (χ4n) is 1.74. The van der Waals surface area contributed by atoms with Gasteiger partial charge in [-0.3, -0.25) is 4.79 Å². The molecule has 1 aromatic carbocycles. The van der Waals surface area contributed by atoms with Crippen LogP contribution in [0.25, 0.3) is 0 Å². The molecule has 0 saturated carbocycles. The lowest BCUT2D eigenvalue weighted by atomic mass is 10.0. The summed E-state index contributed by atoms with van der Waals surface area (Å²) in [4.78, 5) is 25.6. The third-order valence-corrected chi connectivity index (χ3v) is 2.69. The minimum atomic E-state index is -1.56. The van der Waals surface area contributed by atoms with Crippen LogP contribution < -0.4 is 4.74 Å². The molecule has 0 aliphatic heterocycles. The van der Waals surface area contributed by atoms with E-state index in [1.807, 2.05) is 0 Å². The summed E-state index contributed by atoms with van der Waals surface area (Å²) < 4.78 is 50.3. The summed E-state index contributed by atoms with van der Waals surface area (Å²) in [6, 6.07) is 0.373. The highest BCUT2D eigenvalue weighted by Crippen LogP contribution is 2.28. The van der Waals surface area contributed by atoms with E-state index in [0.29, 0.717) is 6.07 Å². The van der Waals surface area contributed by atoms with Crippen LogP contribution in [0.3, 0.4) is 0 Å². The summed E-state index contributed by atoms with van der Waals surface area (Å²) in [5, 5.41) is 0. The average Bonchev–Trinajstić information content (AvgIpc) is 2.48. The number of Topliss-reactive ketones (excluding diaryl/α,β-unsaturated/α-hetero) is 1. The summed E-state index contributed by atoms with van der Waals surface area (Å²) in [5.41, 5.74) is -1.36. The van der Waals surface area contributed by atoms with Crippen molar-refractivity contribution < 1.29 is 32.2 Å². The molecule has 0 atom stereocenters. The summed E-state index contributed by atoms with van der Waals surface area (Å²) in [7, 11) is 3.97. The van der Waals surface area contributed by atoms with Gasteiger partial charge in [0.05, 0.1) is 19.3 Å². The van der Waals surface area contributed by atoms with Gasteiger partial charge in [0.15, 0.2) is 17.4 Å². The lowest BCUT2D eigenvalue weighted by molar-refractivity contribution is -0.138. The monoisotopic (exact) mass is 331 g/mol. The Morgan fingerprint density at radius 3 is 2.30 bits per heavy atom. The third kappa shape index (κ3) is 4.02. The summed E-state index contributed by atoms with van der Waals surface area (Å²) >= 11 is 0. The standard InChI is InChI=1S/C15H16F3NO4/c1-5-23-15(21)9(7-19(2)3)13(20)8-6-10(16)12(18)14(22-4)11(8)17/h6-7H,5H2,1-4H3. The van der Waals surface area contributed by atoms with E-state index in [9.17, 15) is 22.8 Å². The Bertz CT molecular complexity index is 657. The van der Waals surface area contributed by atoms with Gasteiger partial charge in [0.25, 0.3) is 0 Å². The second-order valence-electron chi connectivity index (χ2n) is 4.62. The van der Waals surface area contributed by atoms with E-state index >= 15 is 0 Å². The first-order chi connectivity index (χ1) is 10.7. The first-order valence-corrected chi connectivity index (χ1v) is 6.56. The lowest BCUT2D eigenvalue weighted by Crippen LogP contribution is -2.21. The molecule has 0 bridgehead atoms. The van der Waals surface area contributed by atoms with E-state index in [-0.39, 0.29) is 6.61 Å². The number of methoxy groups -OCH3 is 1. The molecule has 23 heavy (non-hydrogen) atoms. The SMILES string of the molecule is CCOC(=O)C(=CN(C)C)C(=O)c1cc(F)c(F)c(OC)c1F. The minimum absolute atomic E-state index is 0.0134. The number of halogens is 3. The number of hydrogen-bond donors (Lipinski definition) is 0. The van der Waals surface area contributed by atoms with Crippen molar-refractivity contribution in [2.24, 2.45) is 0 Å². The van der Waals surface area contributed by atoms with Crippen molar-refractivity contribution in [2.75, 3.05) is 27.8 Å². The molecule has 0 saturated heterocycles. The van der Waals surface area contributed by atoms with Crippen LogP contribution >= 0.6 is 0 Å². The maximum Gasteiger partial charge on any atom is 0.343 e. The molecule has 0 aliphatic carbocycles. The number of rotatable bonds is 6. The first-order valence-electron chi connectivity index (χ1n) is 6.56. The maximum absolute atomic E-state index is 14.2. The van der Waals surface area contributed by atoms with Crippen molar-refractivity contribution in [3.05, 3.63) is 40.9 Å². The zero-order valence-corrected chi connectivity index (χ0v) is 13.1. The van der Waals surface area contributed by atoms with Crippen LogP contribution in [0.4, 0.5) is 13.2 Å². The number of nitrogens with zero attached hydrogens (tertiary/aromatic N) is 1. The van der Waals surface area contributed by atoms with Crippen molar-refractivity contribution in [3.8, 4) is 5.75 Å². The van der Waals surface area contributed by atoms with Gasteiger partial charge in [-0.2, -0.15) is 4.39 Å². The second kappa shape index (κ2) is 7.66. The molecule has 1 rings (SSSR count). The van der Waals surface area contributed by atoms with Crippen LogP contribution in [-0.4, -0.2) is 44.5 Å². The van der Waals surface area contributed by atoms with Crippen LogP contribution in [-0.2, 0) is 9.53 Å². The van der Waals surface area contributed by atoms with E-state index in [2.05, 4.69) is 4.74 Å². The van der Waals surface area contributed by atoms with Crippen molar-refractivity contribution in [2.45, 2.75) is 6.92 Å². The molecular weight excluding hydrogens is 315 g/mol. The van der Waals surface area contributed by atoms with Gasteiger partial charge < -0.3 is 14.4 Å². The number of hydrogen-bond acceptors (Lipinski definition) is 5. The Morgan fingerprint density at radius 1 is 1.22 bits per heavy atom. The molecule has 0 amide bonds. The van der Waals surface area contributed by atoms with Gasteiger partial charge in [0, 0.05) is 20.3 Å². The fourth-order valence-corrected chi connectivity index (χ4v) is 1.74. The van der Waals surface area contributed by atoms with Crippen molar-refractivity contribution in [1.82, 2.24) is 4.90 Å². The van der Waals surface area contributed by atoms with Crippen LogP contribution in [0, 0.1) is 17.5 Å². The number of carbonyl (C=O) groups excluding carboxylic acids is 2. The molecule has 0 spiro atoms. The third-order valence-electron chi connectivity index (χ3n) is 2.69. The van der Waals surface area contributed by atoms with Crippen LogP contribution in [0.2, 0.25) is 0 Å². The van der Waals surface area contributed by atoms with E-state index in [1.165, 1.54) is 25.9 Å². The molecule has 126 valence electrons. The fraction of sp³-hybridized carbons (Fsp3) is 0.333. The van der Waals surface area contributed by atoms with Crippen LogP contribution in [0.15, 0.2) is 17.8 Å². The molecule has 0 aromatic heterocycles. The molecule has 0 fully saturated rings. The van der Waals surface area contributed by atoms with Crippen LogP contribution in [0.1, 0.15) is 17.3 Å². The molecule has 8 heteroatoms. The van der Waals surface area contributed by atoms with Crippen molar-refractivity contribution in [3.63, 3.8) is 0 Å². The summed E-state index contributed by atoms with van der Waals surface area (Å²) in [5.74, 6) is -7.62. The number of esters is 1. The van der Waals surface area contributed by atoms with Gasteiger partial charge >= 0.3 is 5.97 Å². The highest BCUT2D eigenvalue weighted by molar-refractivity contribution is 6.24. The topological polar surface area (TPSA) is 55.8 Å². The molecule has 5 nitrogen and oxygen atoms in total. The number of carbonyl (C=O) groups is 2. The molecule has 0 aliphatic rings. The highest BCUT2D eigenvalue weighted by atomic mass is 19.2. The quantitative estimate of drug-likeness (QED) is 0.200. The first kappa shape index (κ1) is 18.5. The molecule has 1 aromatic rings. The maximum atomic E-state index is 14.2. The zero-order chi connectivity index (χ0) is 17.7. The smallest absolute Gasteiger partial charge is 0.343 e. The lowest BCUT2D eigenvalue weighted by Gasteiger charge is -2.12. The van der Waals surface area contributed by atoms with Gasteiger partial charge in [-0.1, -0.05) is 0 Å². The minimum Gasteiger partial charge on any atom is -0.491 e. The van der Waals surface area contributed by atoms with E-state index in [4.69, 9.17) is 4.74 Å². The summed E-state index contributed by atoms with van der Waals surface area (Å²) in [6.45, 7) is 1.51. The number of ketones is 1. The Balaban J connectivity index is 3.46. The average molecular weight is 331 g/mol. The Kier molecular flexibility index (Phi) is 6.18. The van der Waals surface area contributed by atoms with E-state index < -0.39 is 46.1 Å².